The summed E-state index contributed by atoms with van der Waals surface area (Å²) in [7, 11) is 0.374. The van der Waals surface area contributed by atoms with Gasteiger partial charge >= 0.3 is 0 Å². The predicted octanol–water partition coefficient (Wildman–Crippen LogP) is 4.87. The molecule has 33 heavy (non-hydrogen) atoms. The van der Waals surface area contributed by atoms with Gasteiger partial charge in [0, 0.05) is 57.6 Å². The van der Waals surface area contributed by atoms with E-state index >= 15 is 0 Å². The number of benzene rings is 1. The maximum Gasteiger partial charge on any atom is 0.198 e. The number of ether oxygens (including phenoxy) is 4. The fraction of sp³-hybridized carbons (Fsp3) is 0.435. The van der Waals surface area contributed by atoms with Gasteiger partial charge in [-0.25, -0.2) is 13.8 Å². The normalized spacial score (nSPS) is 15.6. The highest BCUT2D eigenvalue weighted by atomic mass is 28.3. The Hall–Kier alpha value is -2.53. The summed E-state index contributed by atoms with van der Waals surface area (Å²) in [5, 5.41) is 0.590. The second kappa shape index (κ2) is 9.01. The third-order valence-corrected chi connectivity index (χ3v) is 7.43. The Bertz CT molecular complexity index is 1130. The zero-order chi connectivity index (χ0) is 23.8. The van der Waals surface area contributed by atoms with E-state index < -0.39 is 31.1 Å². The van der Waals surface area contributed by atoms with Crippen molar-refractivity contribution in [2.45, 2.75) is 38.0 Å². The maximum atomic E-state index is 14.5. The number of halogens is 2. The van der Waals surface area contributed by atoms with Gasteiger partial charge in [-0.3, -0.25) is 0 Å². The lowest BCUT2D eigenvalue weighted by Gasteiger charge is -2.40. The molecule has 0 atom stereocenters. The molecule has 0 unspecified atom stereocenters. The number of rotatable bonds is 9. The van der Waals surface area contributed by atoms with E-state index in [-0.39, 0.29) is 18.2 Å². The number of methoxy groups -OCH3 is 1. The summed E-state index contributed by atoms with van der Waals surface area (Å²) < 4.78 is 53.7. The summed E-state index contributed by atoms with van der Waals surface area (Å²) in [6.45, 7) is 8.48. The molecule has 0 aliphatic carbocycles. The smallest absolute Gasteiger partial charge is 0.198 e. The van der Waals surface area contributed by atoms with Crippen LogP contribution in [0.5, 0.6) is 11.5 Å². The molecule has 0 radical (unpaired) electrons. The predicted molar refractivity (Wildman–Crippen MR) is 124 cm³/mol. The lowest BCUT2D eigenvalue weighted by molar-refractivity contribution is -0.201. The van der Waals surface area contributed by atoms with Crippen molar-refractivity contribution in [3.8, 4) is 11.5 Å². The van der Waals surface area contributed by atoms with Crippen molar-refractivity contribution < 1.29 is 27.7 Å². The highest BCUT2D eigenvalue weighted by Gasteiger charge is 2.44. The van der Waals surface area contributed by atoms with E-state index in [1.807, 2.05) is 10.8 Å². The van der Waals surface area contributed by atoms with Crippen molar-refractivity contribution in [3.63, 3.8) is 0 Å². The van der Waals surface area contributed by atoms with Gasteiger partial charge in [0.25, 0.3) is 0 Å². The largest absolute Gasteiger partial charge is 0.450 e. The molecule has 0 amide bonds. The molecule has 2 N–H and O–H groups in total. The molecule has 0 spiro atoms. The number of pyridine rings is 1. The van der Waals surface area contributed by atoms with Gasteiger partial charge in [0.15, 0.2) is 17.4 Å². The van der Waals surface area contributed by atoms with E-state index in [0.717, 1.165) is 23.7 Å². The standard InChI is InChI=1S/C23H29F2N3O4Si/c1-29-23(12-31-13-23)16-11-28(14-30-7-8-33(2,3)4)22-20(16)19(5-6-27-22)32-21-17(24)9-15(26)10-18(21)25/h5-6,9-11H,7-8,12-14,26H2,1-4H3. The second-order valence-electron chi connectivity index (χ2n) is 9.48. The van der Waals surface area contributed by atoms with Crippen molar-refractivity contribution in [2.24, 2.45) is 0 Å². The Labute approximate surface area is 192 Å². The van der Waals surface area contributed by atoms with Crippen molar-refractivity contribution >= 4 is 24.8 Å². The highest BCUT2D eigenvalue weighted by Crippen LogP contribution is 2.43. The van der Waals surface area contributed by atoms with Crippen LogP contribution in [0.3, 0.4) is 0 Å². The summed E-state index contributed by atoms with van der Waals surface area (Å²) in [5.41, 5.74) is 6.13. The van der Waals surface area contributed by atoms with Crippen LogP contribution in [0.15, 0.2) is 30.6 Å². The Kier molecular flexibility index (Phi) is 6.45. The molecule has 1 aliphatic heterocycles. The first-order chi connectivity index (χ1) is 15.6. The monoisotopic (exact) mass is 477 g/mol. The van der Waals surface area contributed by atoms with Crippen LogP contribution in [0.1, 0.15) is 5.56 Å². The molecular formula is C23H29F2N3O4Si. The van der Waals surface area contributed by atoms with Gasteiger partial charge in [-0.2, -0.15) is 0 Å². The summed E-state index contributed by atoms with van der Waals surface area (Å²) in [6.07, 6.45) is 3.42. The lowest BCUT2D eigenvalue weighted by Crippen LogP contribution is -2.48. The van der Waals surface area contributed by atoms with Crippen LogP contribution >= 0.6 is 0 Å². The molecule has 1 aromatic carbocycles. The third-order valence-electron chi connectivity index (χ3n) is 5.73. The quantitative estimate of drug-likeness (QED) is 0.269. The number of hydrogen-bond acceptors (Lipinski definition) is 6. The van der Waals surface area contributed by atoms with Crippen LogP contribution in [-0.2, 0) is 26.5 Å². The minimum atomic E-state index is -1.23. The summed E-state index contributed by atoms with van der Waals surface area (Å²) in [4.78, 5) is 4.50. The van der Waals surface area contributed by atoms with Gasteiger partial charge in [-0.1, -0.05) is 19.6 Å². The zero-order valence-corrected chi connectivity index (χ0v) is 20.3. The molecule has 10 heteroatoms. The SMILES string of the molecule is COC1(c2cn(COCC[Si](C)(C)C)c3nccc(Oc4c(F)cc(N)cc4F)c23)COC1. The molecule has 1 fully saturated rings. The van der Waals surface area contributed by atoms with Gasteiger partial charge in [0.05, 0.1) is 18.6 Å². The minimum Gasteiger partial charge on any atom is -0.450 e. The molecular weight excluding hydrogens is 448 g/mol. The zero-order valence-electron chi connectivity index (χ0n) is 19.3. The first kappa shape index (κ1) is 23.6. The summed E-state index contributed by atoms with van der Waals surface area (Å²) in [5.74, 6) is -2.05. The van der Waals surface area contributed by atoms with Crippen molar-refractivity contribution in [1.29, 1.82) is 0 Å². The van der Waals surface area contributed by atoms with Crippen molar-refractivity contribution in [1.82, 2.24) is 9.55 Å². The molecule has 1 saturated heterocycles. The molecule has 1 aliphatic rings. The molecule has 3 heterocycles. The van der Waals surface area contributed by atoms with Crippen LogP contribution in [0.25, 0.3) is 11.0 Å². The Balaban J connectivity index is 1.75. The second-order valence-corrected chi connectivity index (χ2v) is 15.1. The Morgan fingerprint density at radius 2 is 1.91 bits per heavy atom. The van der Waals surface area contributed by atoms with Gasteiger partial charge in [0.1, 0.15) is 23.7 Å². The maximum absolute atomic E-state index is 14.5. The number of hydrogen-bond donors (Lipinski definition) is 1. The van der Waals surface area contributed by atoms with E-state index in [9.17, 15) is 8.78 Å². The van der Waals surface area contributed by atoms with Crippen LogP contribution in [0, 0.1) is 11.6 Å². The van der Waals surface area contributed by atoms with Gasteiger partial charge < -0.3 is 29.2 Å². The van der Waals surface area contributed by atoms with E-state index in [4.69, 9.17) is 24.7 Å². The average molecular weight is 478 g/mol. The van der Waals surface area contributed by atoms with E-state index in [1.54, 1.807) is 13.2 Å². The average Bonchev–Trinajstić information content (AvgIpc) is 3.07. The lowest BCUT2D eigenvalue weighted by atomic mass is 9.91. The number of fused-ring (bicyclic) bond motifs is 1. The first-order valence-corrected chi connectivity index (χ1v) is 14.5. The fourth-order valence-electron chi connectivity index (χ4n) is 3.71. The van der Waals surface area contributed by atoms with Gasteiger partial charge in [-0.05, 0) is 12.1 Å². The van der Waals surface area contributed by atoms with E-state index in [2.05, 4.69) is 24.6 Å². The number of nitrogens with two attached hydrogens (primary N) is 1. The Morgan fingerprint density at radius 3 is 2.48 bits per heavy atom. The Morgan fingerprint density at radius 1 is 1.21 bits per heavy atom. The number of nitrogens with zero attached hydrogens (tertiary/aromatic N) is 2. The summed E-state index contributed by atoms with van der Waals surface area (Å²) in [6, 6.07) is 4.64. The highest BCUT2D eigenvalue weighted by molar-refractivity contribution is 6.76. The molecule has 178 valence electrons. The van der Waals surface area contributed by atoms with Crippen LogP contribution < -0.4 is 10.5 Å². The van der Waals surface area contributed by atoms with Crippen molar-refractivity contribution in [2.75, 3.05) is 32.7 Å². The molecule has 3 aromatic rings. The summed E-state index contributed by atoms with van der Waals surface area (Å²) >= 11 is 0. The van der Waals surface area contributed by atoms with Gasteiger partial charge in [0.2, 0.25) is 0 Å². The van der Waals surface area contributed by atoms with E-state index in [0.29, 0.717) is 30.9 Å². The number of anilines is 1. The van der Waals surface area contributed by atoms with Crippen LogP contribution in [0.2, 0.25) is 25.7 Å². The number of nitrogen functional groups attached to an aromatic ring is 1. The molecule has 7 nitrogen and oxygen atoms in total. The van der Waals surface area contributed by atoms with Crippen molar-refractivity contribution in [3.05, 3.63) is 47.8 Å². The van der Waals surface area contributed by atoms with E-state index in [1.165, 1.54) is 6.20 Å². The molecule has 4 rings (SSSR count). The molecule has 0 bridgehead atoms. The fourth-order valence-corrected chi connectivity index (χ4v) is 4.47. The van der Waals surface area contributed by atoms with Crippen LogP contribution in [-0.4, -0.2) is 44.6 Å². The molecule has 0 saturated carbocycles. The first-order valence-electron chi connectivity index (χ1n) is 10.7. The minimum absolute atomic E-state index is 0.0236. The van der Waals surface area contributed by atoms with Gasteiger partial charge in [-0.15, -0.1) is 0 Å². The number of aromatic nitrogens is 2. The third kappa shape index (κ3) is 4.74. The topological polar surface area (TPSA) is 80.8 Å². The van der Waals surface area contributed by atoms with Crippen LogP contribution in [0.4, 0.5) is 14.5 Å². The molecule has 2 aromatic heterocycles.